The molecule has 0 bridgehead atoms. The van der Waals surface area contributed by atoms with Crippen LogP contribution in [0.4, 0.5) is 0 Å². The normalized spacial score (nSPS) is 13.8. The van der Waals surface area contributed by atoms with E-state index in [0.29, 0.717) is 5.69 Å². The van der Waals surface area contributed by atoms with Gasteiger partial charge in [-0.15, -0.1) is 0 Å². The molecular weight excluding hydrogens is 891 g/mol. The zero-order chi connectivity index (χ0) is 50.6. The van der Waals surface area contributed by atoms with Crippen molar-refractivity contribution in [3.8, 4) is 0 Å². The van der Waals surface area contributed by atoms with Crippen molar-refractivity contribution in [2.24, 2.45) is 60.8 Å². The minimum atomic E-state index is -1.82. The first-order valence-electron chi connectivity index (χ1n) is 20.6. The van der Waals surface area contributed by atoms with Gasteiger partial charge in [-0.25, -0.2) is 9.78 Å². The SMILES string of the molecule is NC(=O)CC[C@H](NC(=O)[C@H](CCCN=C(N)N)NC(=O)[C@H](CCCN=C(N)N)NC(=O)[C@@H](N)CC(=O)O)C(=O)N[C@@H](CO)C(=O)N[C@@H](CCCN=C(N)N)C(=O)N[C@@H](Cc1cnc[nH]1)C(=O)O. The van der Waals surface area contributed by atoms with Gasteiger partial charge in [0.1, 0.15) is 36.3 Å². The molecule has 7 amide bonds. The van der Waals surface area contributed by atoms with E-state index in [-0.39, 0.29) is 82.5 Å². The van der Waals surface area contributed by atoms with Crippen LogP contribution >= 0.6 is 0 Å². The summed E-state index contributed by atoms with van der Waals surface area (Å²) in [6.45, 7) is -1.13. The van der Waals surface area contributed by atoms with Gasteiger partial charge in [-0.3, -0.25) is 53.3 Å². The lowest BCUT2D eigenvalue weighted by Crippen LogP contribution is -2.60. The van der Waals surface area contributed by atoms with E-state index in [4.69, 9.17) is 51.0 Å². The Bertz CT molecular complexity index is 1920. The van der Waals surface area contributed by atoms with Gasteiger partial charge in [0.05, 0.1) is 25.4 Å². The molecule has 0 aliphatic heterocycles. The minimum absolute atomic E-state index is 0.000253. The maximum absolute atomic E-state index is 13.9. The van der Waals surface area contributed by atoms with E-state index < -0.39 is 121 Å². The summed E-state index contributed by atoms with van der Waals surface area (Å²) < 4.78 is 0. The van der Waals surface area contributed by atoms with Crippen LogP contribution in [-0.2, 0) is 49.6 Å². The number of carboxylic acids is 2. The summed E-state index contributed by atoms with van der Waals surface area (Å²) in [5.41, 5.74) is 43.7. The van der Waals surface area contributed by atoms with E-state index in [1.54, 1.807) is 0 Å². The van der Waals surface area contributed by atoms with E-state index in [1.165, 1.54) is 12.5 Å². The molecule has 0 radical (unpaired) electrons. The molecule has 0 aromatic carbocycles. The van der Waals surface area contributed by atoms with E-state index in [0.717, 1.165) is 0 Å². The number of aliphatic imine (C=N–C) groups is 3. The molecule has 374 valence electrons. The number of carbonyl (C=O) groups is 9. The third-order valence-electron chi connectivity index (χ3n) is 9.19. The molecule has 0 aliphatic rings. The molecule has 31 heteroatoms. The number of aliphatic hydroxyl groups is 1. The fraction of sp³-hybridized carbons (Fsp3) is 0.583. The Morgan fingerprint density at radius 2 is 0.940 bits per heavy atom. The Hall–Kier alpha value is -7.83. The second-order valence-corrected chi connectivity index (χ2v) is 14.7. The average molecular weight is 954 g/mol. The van der Waals surface area contributed by atoms with Crippen molar-refractivity contribution in [1.29, 1.82) is 0 Å². The van der Waals surface area contributed by atoms with Gasteiger partial charge < -0.3 is 98.1 Å². The molecule has 31 nitrogen and oxygen atoms in total. The molecule has 0 unspecified atom stereocenters. The molecule has 0 fully saturated rings. The lowest BCUT2D eigenvalue weighted by atomic mass is 10.0. The summed E-state index contributed by atoms with van der Waals surface area (Å²) in [5, 5.41) is 43.2. The van der Waals surface area contributed by atoms with Crippen LogP contribution in [0.1, 0.15) is 63.5 Å². The number of aromatic amines is 1. The highest BCUT2D eigenvalue weighted by Crippen LogP contribution is 2.08. The van der Waals surface area contributed by atoms with Crippen LogP contribution in [0.3, 0.4) is 0 Å². The predicted octanol–water partition coefficient (Wildman–Crippen LogP) is -8.83. The van der Waals surface area contributed by atoms with Gasteiger partial charge in [0, 0.05) is 44.4 Å². The molecule has 0 saturated heterocycles. The van der Waals surface area contributed by atoms with Gasteiger partial charge in [0.15, 0.2) is 17.9 Å². The van der Waals surface area contributed by atoms with Gasteiger partial charge in [0.2, 0.25) is 41.4 Å². The van der Waals surface area contributed by atoms with Crippen LogP contribution in [-0.4, -0.2) is 165 Å². The van der Waals surface area contributed by atoms with E-state index in [2.05, 4.69) is 56.8 Å². The monoisotopic (exact) mass is 953 g/mol. The quantitative estimate of drug-likeness (QED) is 0.0177. The summed E-state index contributed by atoms with van der Waals surface area (Å²) in [5.74, 6) is -10.8. The Kier molecular flexibility index (Phi) is 25.9. The van der Waals surface area contributed by atoms with Crippen LogP contribution < -0.4 is 77.8 Å². The summed E-state index contributed by atoms with van der Waals surface area (Å²) in [4.78, 5) is 134. The summed E-state index contributed by atoms with van der Waals surface area (Å²) in [7, 11) is 0. The summed E-state index contributed by atoms with van der Waals surface area (Å²) >= 11 is 0. The second-order valence-electron chi connectivity index (χ2n) is 14.7. The lowest BCUT2D eigenvalue weighted by Gasteiger charge is -2.27. The molecular formula is C36H63N19O12. The fourth-order valence-electron chi connectivity index (χ4n) is 5.80. The van der Waals surface area contributed by atoms with Crippen molar-refractivity contribution in [3.05, 3.63) is 18.2 Å². The first-order valence-corrected chi connectivity index (χ1v) is 20.6. The van der Waals surface area contributed by atoms with Crippen molar-refractivity contribution < 1.29 is 58.5 Å². The first kappa shape index (κ1) is 57.2. The van der Waals surface area contributed by atoms with Gasteiger partial charge in [0.25, 0.3) is 0 Å². The van der Waals surface area contributed by atoms with Crippen molar-refractivity contribution in [3.63, 3.8) is 0 Å². The van der Waals surface area contributed by atoms with E-state index >= 15 is 0 Å². The third-order valence-corrected chi connectivity index (χ3v) is 9.19. The molecule has 0 saturated carbocycles. The molecule has 0 aliphatic carbocycles. The highest BCUT2D eigenvalue weighted by molar-refractivity contribution is 5.97. The number of aromatic nitrogens is 2. The van der Waals surface area contributed by atoms with E-state index in [9.17, 15) is 53.4 Å². The zero-order valence-electron chi connectivity index (χ0n) is 36.5. The maximum atomic E-state index is 13.9. The van der Waals surface area contributed by atoms with Gasteiger partial charge >= 0.3 is 11.9 Å². The van der Waals surface area contributed by atoms with Crippen molar-refractivity contribution in [2.75, 3.05) is 26.2 Å². The summed E-state index contributed by atoms with van der Waals surface area (Å²) in [6.07, 6.45) is 0.377. The smallest absolute Gasteiger partial charge is 0.326 e. The largest absolute Gasteiger partial charge is 0.481 e. The Labute approximate surface area is 382 Å². The van der Waals surface area contributed by atoms with Crippen LogP contribution in [0.15, 0.2) is 27.5 Å². The number of guanidine groups is 3. The number of primary amides is 1. The number of aliphatic carboxylic acids is 2. The van der Waals surface area contributed by atoms with Crippen LogP contribution in [0.2, 0.25) is 0 Å². The van der Waals surface area contributed by atoms with Gasteiger partial charge in [-0.05, 0) is 44.9 Å². The lowest BCUT2D eigenvalue weighted by molar-refractivity contribution is -0.142. The van der Waals surface area contributed by atoms with Crippen LogP contribution in [0.25, 0.3) is 0 Å². The average Bonchev–Trinajstić information content (AvgIpc) is 3.76. The Balaban J connectivity index is 3.43. The summed E-state index contributed by atoms with van der Waals surface area (Å²) in [6, 6.07) is -11.0. The zero-order valence-corrected chi connectivity index (χ0v) is 36.5. The molecule has 1 aromatic heterocycles. The number of carbonyl (C=O) groups excluding carboxylic acids is 7. The molecule has 7 atom stereocenters. The number of nitrogens with two attached hydrogens (primary N) is 8. The number of imidazole rings is 1. The highest BCUT2D eigenvalue weighted by atomic mass is 16.4. The third kappa shape index (κ3) is 24.2. The van der Waals surface area contributed by atoms with Gasteiger partial charge in [-0.1, -0.05) is 0 Å². The standard InChI is InChI=1S/C36H63N19O12/c37-18(13-26(58)59)27(60)50-19(4-1-9-46-34(39)40)28(61)51-20(5-2-10-47-35(41)42)29(62)53-22(7-8-25(38)57)31(64)55-24(15-56)32(65)52-21(6-3-11-48-36(43)44)30(63)54-23(33(66)67)12-17-14-45-16-49-17/h14,16,18-24,56H,1-13,15,37H2,(H2,38,57)(H,45,49)(H,50,60)(H,51,61)(H,52,65)(H,53,62)(H,54,63)(H,55,64)(H,58,59)(H,66,67)(H4,39,40,46)(H4,41,42,47)(H4,43,44,48)/t18-,19-,20-,21-,22-,23-,24-/m0/s1. The van der Waals surface area contributed by atoms with Crippen molar-refractivity contribution in [1.82, 2.24) is 41.9 Å². The van der Waals surface area contributed by atoms with Crippen LogP contribution in [0.5, 0.6) is 0 Å². The molecule has 0 spiro atoms. The number of H-pyrrole nitrogens is 1. The Morgan fingerprint density at radius 1 is 0.567 bits per heavy atom. The first-order chi connectivity index (χ1) is 31.5. The number of hydrogen-bond donors (Lipinski definition) is 18. The molecule has 1 rings (SSSR count). The number of nitrogens with zero attached hydrogens (tertiary/aromatic N) is 4. The maximum Gasteiger partial charge on any atom is 0.326 e. The predicted molar refractivity (Wildman–Crippen MR) is 237 cm³/mol. The van der Waals surface area contributed by atoms with E-state index in [1.807, 2.05) is 0 Å². The molecule has 26 N–H and O–H groups in total. The fourth-order valence-corrected chi connectivity index (χ4v) is 5.80. The number of aliphatic hydroxyl groups excluding tert-OH is 1. The number of nitrogens with one attached hydrogen (secondary N) is 7. The van der Waals surface area contributed by atoms with Gasteiger partial charge in [-0.2, -0.15) is 0 Å². The number of carboxylic acid groups (broad SMARTS) is 2. The number of amides is 7. The molecule has 1 aromatic rings. The number of rotatable bonds is 33. The van der Waals surface area contributed by atoms with Crippen molar-refractivity contribution in [2.45, 2.75) is 107 Å². The highest BCUT2D eigenvalue weighted by Gasteiger charge is 2.34. The molecule has 67 heavy (non-hydrogen) atoms. The topological polar surface area (TPSA) is 560 Å². The second kappa shape index (κ2) is 30.3. The van der Waals surface area contributed by atoms with Crippen LogP contribution in [0, 0.1) is 0 Å². The Morgan fingerprint density at radius 3 is 1.28 bits per heavy atom. The number of hydrogen-bond acceptors (Lipinski definition) is 15. The minimum Gasteiger partial charge on any atom is -0.481 e. The molecule has 1 heterocycles. The van der Waals surface area contributed by atoms with Crippen molar-refractivity contribution >= 4 is 71.2 Å².